The summed E-state index contributed by atoms with van der Waals surface area (Å²) < 4.78 is 6.06. The predicted octanol–water partition coefficient (Wildman–Crippen LogP) is 5.15. The molecule has 0 aromatic heterocycles. The second kappa shape index (κ2) is 9.86. The largest absolute Gasteiger partial charge is 0.416 e. The van der Waals surface area contributed by atoms with Crippen molar-refractivity contribution in [1.82, 2.24) is 0 Å². The van der Waals surface area contributed by atoms with Gasteiger partial charge in [-0.15, -0.1) is 0 Å². The molecule has 0 fully saturated rings. The van der Waals surface area contributed by atoms with Gasteiger partial charge in [-0.05, 0) is 30.6 Å². The van der Waals surface area contributed by atoms with Crippen molar-refractivity contribution in [2.45, 2.75) is 71.5 Å². The second-order valence-electron chi connectivity index (χ2n) is 6.40. The van der Waals surface area contributed by atoms with Crippen molar-refractivity contribution >= 4 is 8.32 Å². The average molecular weight is 291 g/mol. The van der Waals surface area contributed by atoms with E-state index >= 15 is 0 Å². The third-order valence-corrected chi connectivity index (χ3v) is 8.09. The summed E-state index contributed by atoms with van der Waals surface area (Å²) in [5.74, 6) is 12.2. The molecular weight excluding hydrogens is 260 g/mol. The second-order valence-corrected chi connectivity index (χ2v) is 11.2. The Morgan fingerprint density at radius 3 is 2.40 bits per heavy atom. The molecule has 20 heavy (non-hydrogen) atoms. The molecule has 0 aromatic carbocycles. The van der Waals surface area contributed by atoms with Gasteiger partial charge in [-0.1, -0.05) is 63.9 Å². The Hall–Kier alpha value is -0.963. The van der Waals surface area contributed by atoms with Gasteiger partial charge in [0.05, 0.1) is 6.42 Å². The fraction of sp³-hybridized carbons (Fsp3) is 0.667. The summed E-state index contributed by atoms with van der Waals surface area (Å²) in [7, 11) is -1.60. The van der Waals surface area contributed by atoms with Crippen LogP contribution >= 0.6 is 0 Å². The van der Waals surface area contributed by atoms with Crippen LogP contribution in [0, 0.1) is 23.7 Å². The Kier molecular flexibility index (Phi) is 9.39. The predicted molar refractivity (Wildman–Crippen MR) is 92.0 cm³/mol. The van der Waals surface area contributed by atoms with E-state index < -0.39 is 8.32 Å². The molecule has 0 unspecified atom stereocenters. The number of rotatable bonds is 5. The molecule has 0 amide bonds. The molecule has 0 aliphatic heterocycles. The van der Waals surface area contributed by atoms with Gasteiger partial charge in [0, 0.05) is 13.0 Å². The number of allylic oxidation sites excluding steroid dienone is 2. The quantitative estimate of drug-likeness (QED) is 0.386. The van der Waals surface area contributed by atoms with Crippen LogP contribution in [0.4, 0.5) is 0 Å². The first-order valence-corrected chi connectivity index (χ1v) is 10.4. The lowest BCUT2D eigenvalue weighted by molar-refractivity contribution is 0.296. The molecule has 1 nitrogen and oxygen atoms in total. The van der Waals surface area contributed by atoms with Gasteiger partial charge < -0.3 is 4.43 Å². The highest BCUT2D eigenvalue weighted by atomic mass is 28.4. The highest BCUT2D eigenvalue weighted by molar-refractivity contribution is 6.74. The van der Waals surface area contributed by atoms with Crippen LogP contribution < -0.4 is 0 Å². The molecule has 0 atom stereocenters. The lowest BCUT2D eigenvalue weighted by Gasteiger charge is -2.35. The number of unbranched alkanes of at least 4 members (excludes halogenated alkanes) is 1. The highest BCUT2D eigenvalue weighted by Crippen LogP contribution is 2.36. The van der Waals surface area contributed by atoms with E-state index in [1.165, 1.54) is 6.42 Å². The van der Waals surface area contributed by atoms with E-state index in [9.17, 15) is 0 Å². The first-order chi connectivity index (χ1) is 9.31. The number of hydrogen-bond donors (Lipinski definition) is 0. The van der Waals surface area contributed by atoms with Crippen LogP contribution in [0.5, 0.6) is 0 Å². The van der Waals surface area contributed by atoms with Gasteiger partial charge in [0.2, 0.25) is 0 Å². The Morgan fingerprint density at radius 1 is 1.10 bits per heavy atom. The summed E-state index contributed by atoms with van der Waals surface area (Å²) in [5.41, 5.74) is 0. The Bertz CT molecular complexity index is 405. The van der Waals surface area contributed by atoms with Crippen LogP contribution in [0.1, 0.15) is 53.4 Å². The van der Waals surface area contributed by atoms with E-state index in [0.717, 1.165) is 19.4 Å². The molecule has 0 aliphatic rings. The third kappa shape index (κ3) is 9.02. The summed E-state index contributed by atoms with van der Waals surface area (Å²) >= 11 is 0. The Morgan fingerprint density at radius 2 is 1.80 bits per heavy atom. The van der Waals surface area contributed by atoms with Crippen molar-refractivity contribution in [2.24, 2.45) is 0 Å². The molecule has 0 aromatic rings. The molecule has 0 rings (SSSR count). The van der Waals surface area contributed by atoms with Crippen molar-refractivity contribution in [3.05, 3.63) is 12.2 Å². The molecule has 0 radical (unpaired) electrons. The first-order valence-electron chi connectivity index (χ1n) is 7.54. The molecule has 0 bridgehead atoms. The zero-order chi connectivity index (χ0) is 15.5. The summed E-state index contributed by atoms with van der Waals surface area (Å²) in [4.78, 5) is 0. The third-order valence-electron chi connectivity index (χ3n) is 3.56. The van der Waals surface area contributed by atoms with E-state index in [0.29, 0.717) is 6.42 Å². The van der Waals surface area contributed by atoms with E-state index in [-0.39, 0.29) is 5.04 Å². The van der Waals surface area contributed by atoms with Gasteiger partial charge in [0.1, 0.15) is 0 Å². The minimum absolute atomic E-state index is 0.275. The molecule has 112 valence electrons. The molecule has 0 spiro atoms. The first kappa shape index (κ1) is 19.0. The van der Waals surface area contributed by atoms with Crippen LogP contribution in [-0.4, -0.2) is 14.9 Å². The van der Waals surface area contributed by atoms with Crippen LogP contribution in [0.2, 0.25) is 18.1 Å². The maximum Gasteiger partial charge on any atom is 0.192 e. The van der Waals surface area contributed by atoms with Crippen molar-refractivity contribution in [3.63, 3.8) is 0 Å². The average Bonchev–Trinajstić information content (AvgIpc) is 2.34. The summed E-state index contributed by atoms with van der Waals surface area (Å²) in [6.45, 7) is 14.2. The smallest absolute Gasteiger partial charge is 0.192 e. The minimum atomic E-state index is -1.60. The van der Waals surface area contributed by atoms with Crippen LogP contribution in [0.25, 0.3) is 0 Å². The fourth-order valence-electron chi connectivity index (χ4n) is 1.19. The molecule has 0 heterocycles. The lowest BCUT2D eigenvalue weighted by Crippen LogP contribution is -2.40. The van der Waals surface area contributed by atoms with Gasteiger partial charge in [-0.25, -0.2) is 0 Å². The van der Waals surface area contributed by atoms with Gasteiger partial charge in [0.15, 0.2) is 8.32 Å². The van der Waals surface area contributed by atoms with Crippen molar-refractivity contribution in [3.8, 4) is 23.7 Å². The fourth-order valence-corrected chi connectivity index (χ4v) is 2.23. The monoisotopic (exact) mass is 290 g/mol. The highest BCUT2D eigenvalue weighted by Gasteiger charge is 2.36. The van der Waals surface area contributed by atoms with Crippen LogP contribution in [0.3, 0.4) is 0 Å². The molecule has 0 saturated heterocycles. The van der Waals surface area contributed by atoms with Gasteiger partial charge >= 0.3 is 0 Å². The van der Waals surface area contributed by atoms with Crippen molar-refractivity contribution in [2.75, 3.05) is 6.61 Å². The normalized spacial score (nSPS) is 11.7. The molecule has 2 heteroatoms. The molecule has 0 saturated carbocycles. The van der Waals surface area contributed by atoms with Gasteiger partial charge in [-0.2, -0.15) is 0 Å². The zero-order valence-corrected chi connectivity index (χ0v) is 15.1. The summed E-state index contributed by atoms with van der Waals surface area (Å²) in [5, 5.41) is 0.275. The maximum absolute atomic E-state index is 6.06. The number of hydrogen-bond acceptors (Lipinski definition) is 1. The van der Waals surface area contributed by atoms with Crippen molar-refractivity contribution < 1.29 is 4.43 Å². The SMILES string of the molecule is CCC/C=C/C#CCC#CCCO[Si](C)(C)C(C)(C)C. The standard InChI is InChI=1S/C18H30OSi/c1-7-8-9-10-11-12-13-14-15-16-17-19-20(5,6)18(2,3)4/h9-10H,7-8,13,16-17H2,1-6H3/b10-9+. The summed E-state index contributed by atoms with van der Waals surface area (Å²) in [6, 6.07) is 0. The van der Waals surface area contributed by atoms with Crippen LogP contribution in [0.15, 0.2) is 12.2 Å². The topological polar surface area (TPSA) is 9.23 Å². The Balaban J connectivity index is 3.85. The van der Waals surface area contributed by atoms with E-state index in [1.807, 2.05) is 6.08 Å². The van der Waals surface area contributed by atoms with Crippen LogP contribution in [-0.2, 0) is 4.43 Å². The Labute approximate surface area is 127 Å². The lowest BCUT2D eigenvalue weighted by atomic mass is 10.2. The van der Waals surface area contributed by atoms with E-state index in [1.54, 1.807) is 0 Å². The molecular formula is C18H30OSi. The molecule has 0 N–H and O–H groups in total. The maximum atomic E-state index is 6.06. The molecule has 0 aliphatic carbocycles. The van der Waals surface area contributed by atoms with E-state index in [4.69, 9.17) is 4.43 Å². The summed E-state index contributed by atoms with van der Waals surface area (Å²) in [6.07, 6.45) is 7.76. The van der Waals surface area contributed by atoms with Gasteiger partial charge in [0.25, 0.3) is 0 Å². The van der Waals surface area contributed by atoms with Gasteiger partial charge in [-0.3, -0.25) is 0 Å². The minimum Gasteiger partial charge on any atom is -0.416 e. The van der Waals surface area contributed by atoms with Crippen molar-refractivity contribution in [1.29, 1.82) is 0 Å². The zero-order valence-electron chi connectivity index (χ0n) is 14.1. The van der Waals surface area contributed by atoms with E-state index in [2.05, 4.69) is 70.5 Å².